The maximum absolute atomic E-state index is 6.48. The molecule has 1 atom stereocenters. The summed E-state index contributed by atoms with van der Waals surface area (Å²) >= 11 is 0. The molecule has 0 aliphatic heterocycles. The van der Waals surface area contributed by atoms with E-state index in [-0.39, 0.29) is 0 Å². The minimum Gasteiger partial charge on any atom is -0.398 e. The van der Waals surface area contributed by atoms with Crippen molar-refractivity contribution in [2.75, 3.05) is 0 Å². The zero-order valence-electron chi connectivity index (χ0n) is 20.9. The first-order valence-electron chi connectivity index (χ1n) is 12.8. The van der Waals surface area contributed by atoms with Crippen LogP contribution in [0.3, 0.4) is 0 Å². The minimum absolute atomic E-state index is 0.459. The predicted octanol–water partition coefficient (Wildman–Crippen LogP) is 8.27. The van der Waals surface area contributed by atoms with E-state index in [2.05, 4.69) is 84.3 Å². The molecule has 1 aliphatic carbocycles. The van der Waals surface area contributed by atoms with Crippen molar-refractivity contribution >= 4 is 34.1 Å². The molecule has 0 amide bonds. The lowest BCUT2D eigenvalue weighted by atomic mass is 9.93. The molecule has 0 bridgehead atoms. The van der Waals surface area contributed by atoms with Crippen molar-refractivity contribution in [3.05, 3.63) is 144 Å². The molecule has 2 N–H and O–H groups in total. The topological polar surface area (TPSA) is 43.3 Å². The van der Waals surface area contributed by atoms with E-state index in [1.807, 2.05) is 54.6 Å². The Labute approximate surface area is 217 Å². The summed E-state index contributed by atoms with van der Waals surface area (Å²) in [4.78, 5) is 5.02. The number of aromatic nitrogens is 1. The van der Waals surface area contributed by atoms with Crippen LogP contribution in [-0.4, -0.2) is 10.3 Å². The number of hydrogen-bond acceptors (Lipinski definition) is 2. The van der Waals surface area contributed by atoms with Gasteiger partial charge in [0, 0.05) is 39.5 Å². The average molecular weight is 480 g/mol. The van der Waals surface area contributed by atoms with Crippen molar-refractivity contribution in [2.45, 2.75) is 19.3 Å². The van der Waals surface area contributed by atoms with Crippen molar-refractivity contribution in [2.24, 2.45) is 10.7 Å². The Bertz CT molecular complexity index is 1640. The fourth-order valence-electron chi connectivity index (χ4n) is 5.19. The monoisotopic (exact) mass is 479 g/mol. The van der Waals surface area contributed by atoms with Crippen molar-refractivity contribution in [3.8, 4) is 5.69 Å². The Morgan fingerprint density at radius 1 is 0.811 bits per heavy atom. The number of allylic oxidation sites excluding steroid dienone is 2. The van der Waals surface area contributed by atoms with Gasteiger partial charge in [-0.1, -0.05) is 97.9 Å². The summed E-state index contributed by atoms with van der Waals surface area (Å²) in [5.41, 5.74) is 16.0. The summed E-state index contributed by atoms with van der Waals surface area (Å²) < 4.78 is 2.41. The second kappa shape index (κ2) is 9.79. The number of rotatable bonds is 5. The van der Waals surface area contributed by atoms with Gasteiger partial charge < -0.3 is 10.3 Å². The van der Waals surface area contributed by atoms with Crippen LogP contribution in [0.1, 0.15) is 41.6 Å². The highest BCUT2D eigenvalue weighted by Gasteiger charge is 2.22. The largest absolute Gasteiger partial charge is 0.398 e. The molecule has 180 valence electrons. The van der Waals surface area contributed by atoms with Gasteiger partial charge in [-0.25, -0.2) is 4.99 Å². The average Bonchev–Trinajstić information content (AvgIpc) is 3.30. The Morgan fingerprint density at radius 2 is 1.46 bits per heavy atom. The number of benzene rings is 4. The summed E-state index contributed by atoms with van der Waals surface area (Å²) in [5, 5.41) is 1.30. The van der Waals surface area contributed by atoms with Crippen LogP contribution in [0.25, 0.3) is 28.4 Å². The van der Waals surface area contributed by atoms with Gasteiger partial charge in [0.15, 0.2) is 0 Å². The number of hydrogen-bond donors (Lipinski definition) is 1. The fourth-order valence-corrected chi connectivity index (χ4v) is 5.19. The molecule has 0 spiro atoms. The highest BCUT2D eigenvalue weighted by molar-refractivity contribution is 6.13. The molecule has 5 aromatic rings. The SMILES string of the molecule is CC1CC=Cc2c1n(-c1ccc(N=C(C=C(N)c3ccccc3)c3ccccc3)cc1)c1ccccc21. The molecular weight excluding hydrogens is 450 g/mol. The van der Waals surface area contributed by atoms with Crippen molar-refractivity contribution < 1.29 is 0 Å². The highest BCUT2D eigenvalue weighted by Crippen LogP contribution is 2.39. The Morgan fingerprint density at radius 3 is 2.19 bits per heavy atom. The van der Waals surface area contributed by atoms with Gasteiger partial charge >= 0.3 is 0 Å². The number of nitrogens with two attached hydrogens (primary N) is 1. The second-order valence-corrected chi connectivity index (χ2v) is 9.54. The Hall–Kier alpha value is -4.63. The standard InChI is InChI=1S/C34H29N3/c1-24-11-10-17-30-29-16-8-9-18-33(29)37(34(24)30)28-21-19-27(20-22-28)36-32(26-14-6-3-7-15-26)23-31(35)25-12-4-2-5-13-25/h2-10,12-24H,11,35H2,1H3. The van der Waals surface area contributed by atoms with Gasteiger partial charge in [-0.3, -0.25) is 0 Å². The van der Waals surface area contributed by atoms with Crippen molar-refractivity contribution in [3.63, 3.8) is 0 Å². The van der Waals surface area contributed by atoms with Crippen LogP contribution in [0.5, 0.6) is 0 Å². The third-order valence-corrected chi connectivity index (χ3v) is 7.02. The normalized spacial score (nSPS) is 15.6. The second-order valence-electron chi connectivity index (χ2n) is 9.54. The predicted molar refractivity (Wildman–Crippen MR) is 157 cm³/mol. The van der Waals surface area contributed by atoms with Crippen molar-refractivity contribution in [1.29, 1.82) is 0 Å². The molecule has 0 saturated heterocycles. The number of para-hydroxylation sites is 1. The van der Waals surface area contributed by atoms with Gasteiger partial charge in [0.05, 0.1) is 16.9 Å². The van der Waals surface area contributed by atoms with Crippen LogP contribution in [0.4, 0.5) is 5.69 Å². The lowest BCUT2D eigenvalue weighted by Gasteiger charge is -2.19. The molecule has 0 saturated carbocycles. The smallest absolute Gasteiger partial charge is 0.0729 e. The number of fused-ring (bicyclic) bond motifs is 3. The van der Waals surface area contributed by atoms with E-state index in [1.165, 1.54) is 22.2 Å². The van der Waals surface area contributed by atoms with E-state index in [0.29, 0.717) is 11.6 Å². The molecule has 3 nitrogen and oxygen atoms in total. The molecule has 0 radical (unpaired) electrons. The molecule has 4 aromatic carbocycles. The summed E-state index contributed by atoms with van der Waals surface area (Å²) in [6.45, 7) is 2.31. The summed E-state index contributed by atoms with van der Waals surface area (Å²) in [6.07, 6.45) is 7.59. The van der Waals surface area contributed by atoms with Crippen LogP contribution < -0.4 is 5.73 Å². The summed E-state index contributed by atoms with van der Waals surface area (Å²) in [5.74, 6) is 0.459. The highest BCUT2D eigenvalue weighted by atomic mass is 15.0. The van der Waals surface area contributed by atoms with Gasteiger partial charge in [-0.05, 0) is 48.4 Å². The lowest BCUT2D eigenvalue weighted by molar-refractivity contribution is 0.723. The first kappa shape index (κ1) is 22.8. The molecule has 37 heavy (non-hydrogen) atoms. The van der Waals surface area contributed by atoms with Crippen LogP contribution in [0.15, 0.2) is 126 Å². The van der Waals surface area contributed by atoms with Crippen molar-refractivity contribution in [1.82, 2.24) is 4.57 Å². The van der Waals surface area contributed by atoms with Gasteiger partial charge in [0.1, 0.15) is 0 Å². The number of aliphatic imine (C=N–C) groups is 1. The van der Waals surface area contributed by atoms with Crippen LogP contribution in [0.2, 0.25) is 0 Å². The van der Waals surface area contributed by atoms with Gasteiger partial charge in [0.2, 0.25) is 0 Å². The quantitative estimate of drug-likeness (QED) is 0.253. The Balaban J connectivity index is 1.43. The Kier molecular flexibility index (Phi) is 6.03. The minimum atomic E-state index is 0.459. The van der Waals surface area contributed by atoms with E-state index in [9.17, 15) is 0 Å². The van der Waals surface area contributed by atoms with Crippen LogP contribution in [-0.2, 0) is 0 Å². The molecule has 1 aromatic heterocycles. The van der Waals surface area contributed by atoms with Crippen LogP contribution >= 0.6 is 0 Å². The van der Waals surface area contributed by atoms with Gasteiger partial charge in [-0.15, -0.1) is 0 Å². The molecule has 3 heteroatoms. The fraction of sp³-hybridized carbons (Fsp3) is 0.0882. The van der Waals surface area contributed by atoms with E-state index >= 15 is 0 Å². The van der Waals surface area contributed by atoms with E-state index < -0.39 is 0 Å². The maximum Gasteiger partial charge on any atom is 0.0729 e. The molecule has 1 heterocycles. The summed E-state index contributed by atoms with van der Waals surface area (Å²) in [6, 6.07) is 37.4. The maximum atomic E-state index is 6.48. The lowest BCUT2D eigenvalue weighted by Crippen LogP contribution is -2.06. The molecule has 1 unspecified atom stereocenters. The first-order valence-corrected chi connectivity index (χ1v) is 12.8. The van der Waals surface area contributed by atoms with E-state index in [1.54, 1.807) is 0 Å². The molecule has 0 fully saturated rings. The third-order valence-electron chi connectivity index (χ3n) is 7.02. The first-order chi connectivity index (χ1) is 18.2. The van der Waals surface area contributed by atoms with E-state index in [0.717, 1.165) is 34.6 Å². The van der Waals surface area contributed by atoms with Gasteiger partial charge in [0.25, 0.3) is 0 Å². The van der Waals surface area contributed by atoms with Crippen LogP contribution in [0, 0.1) is 0 Å². The van der Waals surface area contributed by atoms with E-state index in [4.69, 9.17) is 10.7 Å². The molecular formula is C34H29N3. The number of nitrogens with zero attached hydrogens (tertiary/aromatic N) is 2. The zero-order chi connectivity index (χ0) is 25.2. The zero-order valence-corrected chi connectivity index (χ0v) is 20.9. The molecule has 6 rings (SSSR count). The van der Waals surface area contributed by atoms with Gasteiger partial charge in [-0.2, -0.15) is 0 Å². The molecule has 1 aliphatic rings. The third kappa shape index (κ3) is 4.41. The summed E-state index contributed by atoms with van der Waals surface area (Å²) in [7, 11) is 0.